The Morgan fingerprint density at radius 3 is 2.39 bits per heavy atom. The Morgan fingerprint density at radius 2 is 1.70 bits per heavy atom. The first-order valence-corrected chi connectivity index (χ1v) is 9.71. The Labute approximate surface area is 186 Å². The zero-order chi connectivity index (χ0) is 23.4. The molecule has 33 heavy (non-hydrogen) atoms. The van der Waals surface area contributed by atoms with Crippen LogP contribution in [-0.4, -0.2) is 26.4 Å². The van der Waals surface area contributed by atoms with Gasteiger partial charge in [0.15, 0.2) is 0 Å². The minimum atomic E-state index is -0.676. The van der Waals surface area contributed by atoms with E-state index in [4.69, 9.17) is 4.74 Å². The van der Waals surface area contributed by atoms with Crippen LogP contribution < -0.4 is 15.6 Å². The first-order chi connectivity index (χ1) is 15.9. The van der Waals surface area contributed by atoms with Crippen molar-refractivity contribution in [1.29, 1.82) is 0 Å². The average molecular weight is 444 g/mol. The molecule has 1 heterocycles. The maximum atomic E-state index is 12.5. The SMILES string of the molecule is O=C(Cn1cnc2ccccc2c1=O)Nc1ccc(OC(=O)c2ccc([N+](=O)[O-])cc2)cc1. The topological polar surface area (TPSA) is 133 Å². The number of para-hydroxylation sites is 1. The highest BCUT2D eigenvalue weighted by molar-refractivity contribution is 5.92. The van der Waals surface area contributed by atoms with E-state index in [1.165, 1.54) is 59.4 Å². The molecule has 1 aromatic heterocycles. The molecule has 0 fully saturated rings. The first-order valence-electron chi connectivity index (χ1n) is 9.71. The number of hydrogen-bond acceptors (Lipinski definition) is 7. The van der Waals surface area contributed by atoms with Gasteiger partial charge in [-0.1, -0.05) is 12.1 Å². The van der Waals surface area contributed by atoms with Crippen LogP contribution in [-0.2, 0) is 11.3 Å². The molecule has 0 saturated carbocycles. The summed E-state index contributed by atoms with van der Waals surface area (Å²) in [6.07, 6.45) is 1.32. The number of amides is 1. The third-order valence-corrected chi connectivity index (χ3v) is 4.71. The average Bonchev–Trinajstić information content (AvgIpc) is 2.82. The predicted molar refractivity (Wildman–Crippen MR) is 119 cm³/mol. The van der Waals surface area contributed by atoms with Crippen LogP contribution in [0.2, 0.25) is 0 Å². The smallest absolute Gasteiger partial charge is 0.343 e. The van der Waals surface area contributed by atoms with Gasteiger partial charge in [-0.2, -0.15) is 0 Å². The largest absolute Gasteiger partial charge is 0.423 e. The zero-order valence-corrected chi connectivity index (χ0v) is 17.0. The number of carbonyl (C=O) groups is 2. The van der Waals surface area contributed by atoms with E-state index in [1.807, 2.05) is 0 Å². The molecule has 0 radical (unpaired) electrons. The van der Waals surface area contributed by atoms with Crippen molar-refractivity contribution in [1.82, 2.24) is 9.55 Å². The van der Waals surface area contributed by atoms with Gasteiger partial charge in [-0.15, -0.1) is 0 Å². The number of ether oxygens (including phenoxy) is 1. The van der Waals surface area contributed by atoms with E-state index in [0.29, 0.717) is 16.6 Å². The van der Waals surface area contributed by atoms with Crippen LogP contribution in [0.15, 0.2) is 83.9 Å². The molecular weight excluding hydrogens is 428 g/mol. The summed E-state index contributed by atoms with van der Waals surface area (Å²) in [4.78, 5) is 51.4. The van der Waals surface area contributed by atoms with E-state index in [2.05, 4.69) is 10.3 Å². The lowest BCUT2D eigenvalue weighted by molar-refractivity contribution is -0.384. The summed E-state index contributed by atoms with van der Waals surface area (Å²) < 4.78 is 6.46. The van der Waals surface area contributed by atoms with Gasteiger partial charge < -0.3 is 10.1 Å². The summed E-state index contributed by atoms with van der Waals surface area (Å²) in [5, 5.41) is 13.8. The van der Waals surface area contributed by atoms with E-state index in [0.717, 1.165) is 0 Å². The van der Waals surface area contributed by atoms with Crippen molar-refractivity contribution in [3.63, 3.8) is 0 Å². The van der Waals surface area contributed by atoms with E-state index in [9.17, 15) is 24.5 Å². The van der Waals surface area contributed by atoms with Crippen molar-refractivity contribution in [2.45, 2.75) is 6.54 Å². The molecule has 164 valence electrons. The van der Waals surface area contributed by atoms with Gasteiger partial charge in [-0.3, -0.25) is 24.3 Å². The zero-order valence-electron chi connectivity index (χ0n) is 17.0. The fourth-order valence-corrected chi connectivity index (χ4v) is 3.07. The normalized spacial score (nSPS) is 10.5. The molecule has 4 rings (SSSR count). The molecule has 10 heteroatoms. The number of benzene rings is 3. The molecule has 1 N–H and O–H groups in total. The lowest BCUT2D eigenvalue weighted by atomic mass is 10.2. The molecule has 0 aliphatic heterocycles. The highest BCUT2D eigenvalue weighted by atomic mass is 16.6. The second-order valence-corrected chi connectivity index (χ2v) is 6.96. The van der Waals surface area contributed by atoms with Crippen LogP contribution in [0.5, 0.6) is 5.75 Å². The Balaban J connectivity index is 1.38. The van der Waals surface area contributed by atoms with Gasteiger partial charge in [0.2, 0.25) is 5.91 Å². The number of aromatic nitrogens is 2. The molecule has 0 aliphatic carbocycles. The van der Waals surface area contributed by atoms with Crippen LogP contribution >= 0.6 is 0 Å². The molecule has 10 nitrogen and oxygen atoms in total. The van der Waals surface area contributed by atoms with E-state index >= 15 is 0 Å². The molecule has 0 atom stereocenters. The quantitative estimate of drug-likeness (QED) is 0.209. The van der Waals surface area contributed by atoms with Gasteiger partial charge in [0.1, 0.15) is 12.3 Å². The monoisotopic (exact) mass is 444 g/mol. The number of rotatable bonds is 6. The number of non-ortho nitro benzene ring substituents is 1. The Bertz CT molecular complexity index is 1410. The fraction of sp³-hybridized carbons (Fsp3) is 0.0435. The van der Waals surface area contributed by atoms with Crippen LogP contribution in [0.3, 0.4) is 0 Å². The van der Waals surface area contributed by atoms with Gasteiger partial charge in [0, 0.05) is 17.8 Å². The van der Waals surface area contributed by atoms with Gasteiger partial charge in [0.25, 0.3) is 11.2 Å². The number of hydrogen-bond donors (Lipinski definition) is 1. The molecular formula is C23H16N4O6. The van der Waals surface area contributed by atoms with Crippen molar-refractivity contribution in [2.24, 2.45) is 0 Å². The third kappa shape index (κ3) is 4.90. The summed E-state index contributed by atoms with van der Waals surface area (Å²) in [6.45, 7) is -0.215. The van der Waals surface area contributed by atoms with Gasteiger partial charge >= 0.3 is 5.97 Å². The number of nitrogens with one attached hydrogen (secondary N) is 1. The Kier molecular flexibility index (Phi) is 5.90. The molecule has 0 unspecified atom stereocenters. The minimum absolute atomic E-state index is 0.131. The maximum absolute atomic E-state index is 12.5. The molecule has 0 spiro atoms. The predicted octanol–water partition coefficient (Wildman–Crippen LogP) is 3.16. The highest BCUT2D eigenvalue weighted by Crippen LogP contribution is 2.18. The molecule has 4 aromatic rings. The number of nitro groups is 1. The molecule has 0 aliphatic rings. The minimum Gasteiger partial charge on any atom is -0.423 e. The van der Waals surface area contributed by atoms with E-state index in [-0.39, 0.29) is 29.1 Å². The van der Waals surface area contributed by atoms with E-state index < -0.39 is 16.8 Å². The third-order valence-electron chi connectivity index (χ3n) is 4.71. The van der Waals surface area contributed by atoms with Crippen molar-refractivity contribution in [3.05, 3.63) is 105 Å². The molecule has 1 amide bonds. The fourth-order valence-electron chi connectivity index (χ4n) is 3.07. The Morgan fingerprint density at radius 1 is 1.00 bits per heavy atom. The van der Waals surface area contributed by atoms with Crippen LogP contribution in [0.25, 0.3) is 10.9 Å². The molecule has 0 bridgehead atoms. The number of nitro benzene ring substituents is 1. The standard InChI is InChI=1S/C23H16N4O6/c28-21(13-26-14-24-20-4-2-1-3-19(20)22(26)29)25-16-7-11-18(12-8-16)33-23(30)15-5-9-17(10-6-15)27(31)32/h1-12,14H,13H2,(H,25,28). The summed E-state index contributed by atoms with van der Waals surface area (Å²) in [7, 11) is 0. The second-order valence-electron chi connectivity index (χ2n) is 6.96. The first kappa shape index (κ1) is 21.4. The van der Waals surface area contributed by atoms with Crippen molar-refractivity contribution in [3.8, 4) is 5.75 Å². The van der Waals surface area contributed by atoms with E-state index in [1.54, 1.807) is 24.3 Å². The summed E-state index contributed by atoms with van der Waals surface area (Å²) in [5.41, 5.74) is 0.708. The Hall–Kier alpha value is -4.86. The second kappa shape index (κ2) is 9.10. The number of carbonyl (C=O) groups excluding carboxylic acids is 2. The number of anilines is 1. The summed E-state index contributed by atoms with van der Waals surface area (Å²) >= 11 is 0. The van der Waals surface area contributed by atoms with Gasteiger partial charge in [-0.05, 0) is 48.5 Å². The van der Waals surface area contributed by atoms with Crippen LogP contribution in [0.4, 0.5) is 11.4 Å². The van der Waals surface area contributed by atoms with Crippen LogP contribution in [0.1, 0.15) is 10.4 Å². The van der Waals surface area contributed by atoms with Crippen molar-refractivity contribution in [2.75, 3.05) is 5.32 Å². The lowest BCUT2D eigenvalue weighted by Gasteiger charge is -2.09. The highest BCUT2D eigenvalue weighted by Gasteiger charge is 2.12. The van der Waals surface area contributed by atoms with Crippen molar-refractivity contribution >= 4 is 34.2 Å². The van der Waals surface area contributed by atoms with Crippen LogP contribution in [0, 0.1) is 10.1 Å². The maximum Gasteiger partial charge on any atom is 0.343 e. The number of nitrogens with zero attached hydrogens (tertiary/aromatic N) is 3. The van der Waals surface area contributed by atoms with Crippen molar-refractivity contribution < 1.29 is 19.2 Å². The van der Waals surface area contributed by atoms with Gasteiger partial charge in [-0.25, -0.2) is 9.78 Å². The molecule has 3 aromatic carbocycles. The number of fused-ring (bicyclic) bond motifs is 1. The summed E-state index contributed by atoms with van der Waals surface area (Å²) in [5.74, 6) is -0.874. The number of esters is 1. The molecule has 0 saturated heterocycles. The van der Waals surface area contributed by atoms with Gasteiger partial charge in [0.05, 0.1) is 27.7 Å². The summed E-state index contributed by atoms with van der Waals surface area (Å²) in [6, 6.07) is 18.0. The lowest BCUT2D eigenvalue weighted by Crippen LogP contribution is -2.27.